The van der Waals surface area contributed by atoms with Crippen molar-refractivity contribution in [2.24, 2.45) is 7.05 Å². The molecule has 0 aromatic carbocycles. The normalized spacial score (nSPS) is 13.8. The van der Waals surface area contributed by atoms with E-state index in [1.165, 1.54) is 6.07 Å². The molecule has 0 aliphatic rings. The lowest BCUT2D eigenvalue weighted by molar-refractivity contribution is 0.513. The van der Waals surface area contributed by atoms with Crippen molar-refractivity contribution in [3.63, 3.8) is 0 Å². The number of hydrogen-bond donors (Lipinski definition) is 1. The Labute approximate surface area is 124 Å². The summed E-state index contributed by atoms with van der Waals surface area (Å²) in [6, 6.07) is 1.61. The van der Waals surface area contributed by atoms with E-state index in [1.807, 2.05) is 27.8 Å². The first-order chi connectivity index (χ1) is 9.81. The predicted molar refractivity (Wildman–Crippen MR) is 77.2 cm³/mol. The molecule has 1 N–H and O–H groups in total. The van der Waals surface area contributed by atoms with Crippen LogP contribution in [0.2, 0.25) is 0 Å². The molecule has 2 heterocycles. The van der Waals surface area contributed by atoms with Crippen LogP contribution in [-0.4, -0.2) is 39.5 Å². The van der Waals surface area contributed by atoms with E-state index in [2.05, 4.69) is 20.0 Å². The molecule has 1 unspecified atom stereocenters. The molecule has 2 aromatic rings. The van der Waals surface area contributed by atoms with E-state index < -0.39 is 10.0 Å². The van der Waals surface area contributed by atoms with Crippen molar-refractivity contribution in [3.8, 4) is 0 Å². The Kier molecular flexibility index (Phi) is 4.43. The van der Waals surface area contributed by atoms with E-state index in [0.29, 0.717) is 0 Å². The maximum atomic E-state index is 12.2. The van der Waals surface area contributed by atoms with Crippen molar-refractivity contribution in [1.82, 2.24) is 29.3 Å². The molecule has 0 saturated heterocycles. The van der Waals surface area contributed by atoms with Gasteiger partial charge in [0.05, 0.1) is 0 Å². The van der Waals surface area contributed by atoms with Gasteiger partial charge in [-0.05, 0) is 19.9 Å². The Hall–Kier alpha value is -1.74. The zero-order chi connectivity index (χ0) is 15.6. The number of hydrogen-bond acceptors (Lipinski definition) is 5. The third-order valence-corrected chi connectivity index (χ3v) is 4.47. The fourth-order valence-electron chi connectivity index (χ4n) is 1.89. The Morgan fingerprint density at radius 1 is 1.33 bits per heavy atom. The number of nitrogens with one attached hydrogen (secondary N) is 1. The molecule has 0 aliphatic heterocycles. The molecule has 0 bridgehead atoms. The molecule has 0 saturated carbocycles. The molecule has 2 rings (SSSR count). The molecule has 0 aliphatic carbocycles. The van der Waals surface area contributed by atoms with Crippen molar-refractivity contribution >= 4 is 10.0 Å². The van der Waals surface area contributed by atoms with E-state index in [4.69, 9.17) is 0 Å². The molecule has 21 heavy (non-hydrogen) atoms. The first-order valence-electron chi connectivity index (χ1n) is 6.70. The van der Waals surface area contributed by atoms with Crippen LogP contribution in [0.1, 0.15) is 38.6 Å². The lowest BCUT2D eigenvalue weighted by Crippen LogP contribution is -2.29. The van der Waals surface area contributed by atoms with Gasteiger partial charge in [0.25, 0.3) is 10.0 Å². The van der Waals surface area contributed by atoms with E-state index in [1.54, 1.807) is 21.8 Å². The molecule has 9 heteroatoms. The van der Waals surface area contributed by atoms with Gasteiger partial charge in [-0.15, -0.1) is 10.2 Å². The van der Waals surface area contributed by atoms with Gasteiger partial charge in [-0.3, -0.25) is 4.68 Å². The summed E-state index contributed by atoms with van der Waals surface area (Å²) < 4.78 is 30.3. The quantitative estimate of drug-likeness (QED) is 0.846. The summed E-state index contributed by atoms with van der Waals surface area (Å²) in [6.07, 6.45) is 3.25. The maximum absolute atomic E-state index is 12.2. The van der Waals surface area contributed by atoms with E-state index >= 15 is 0 Å². The van der Waals surface area contributed by atoms with Gasteiger partial charge in [-0.2, -0.15) is 5.10 Å². The van der Waals surface area contributed by atoms with Gasteiger partial charge in [0.15, 0.2) is 5.03 Å². The van der Waals surface area contributed by atoms with Crippen LogP contribution in [0.5, 0.6) is 0 Å². The highest BCUT2D eigenvalue weighted by atomic mass is 32.2. The topological polar surface area (TPSA) is 94.7 Å². The summed E-state index contributed by atoms with van der Waals surface area (Å²) in [5.41, 5.74) is 0. The molecule has 1 atom stereocenters. The van der Waals surface area contributed by atoms with Crippen molar-refractivity contribution < 1.29 is 8.42 Å². The summed E-state index contributed by atoms with van der Waals surface area (Å²) in [4.78, 5) is 0. The second-order valence-corrected chi connectivity index (χ2v) is 6.99. The van der Waals surface area contributed by atoms with Crippen LogP contribution >= 0.6 is 0 Å². The van der Waals surface area contributed by atoms with Crippen LogP contribution in [0, 0.1) is 0 Å². The van der Waals surface area contributed by atoms with Gasteiger partial charge in [-0.25, -0.2) is 13.1 Å². The predicted octanol–water partition coefficient (Wildman–Crippen LogP) is 0.674. The summed E-state index contributed by atoms with van der Waals surface area (Å²) in [5.74, 6) is 0.643. The smallest absolute Gasteiger partial charge is 0.259 e. The van der Waals surface area contributed by atoms with E-state index in [-0.39, 0.29) is 23.5 Å². The average molecular weight is 312 g/mol. The van der Waals surface area contributed by atoms with Gasteiger partial charge in [0.1, 0.15) is 12.2 Å². The number of sulfonamides is 1. The lowest BCUT2D eigenvalue weighted by Gasteiger charge is -2.11. The van der Waals surface area contributed by atoms with Gasteiger partial charge in [0, 0.05) is 31.7 Å². The van der Waals surface area contributed by atoms with Crippen LogP contribution in [0.15, 0.2) is 23.6 Å². The monoisotopic (exact) mass is 312 g/mol. The molecule has 8 nitrogen and oxygen atoms in total. The third kappa shape index (κ3) is 3.48. The van der Waals surface area contributed by atoms with Crippen LogP contribution < -0.4 is 4.72 Å². The Morgan fingerprint density at radius 2 is 2.05 bits per heavy atom. The summed E-state index contributed by atoms with van der Waals surface area (Å²) >= 11 is 0. The standard InChI is InChI=1S/C12H20N6O2S/c1-9(2)18-6-5-11(16-18)21(19,20)14-7-10(3)12-15-13-8-17(12)4/h5-6,8-10,14H,7H2,1-4H3. The molecule has 0 radical (unpaired) electrons. The average Bonchev–Trinajstić information content (AvgIpc) is 3.04. The first kappa shape index (κ1) is 15.6. The lowest BCUT2D eigenvalue weighted by atomic mass is 10.2. The molecule has 0 fully saturated rings. The minimum atomic E-state index is -3.61. The number of rotatable bonds is 6. The highest BCUT2D eigenvalue weighted by Crippen LogP contribution is 2.13. The second kappa shape index (κ2) is 5.94. The van der Waals surface area contributed by atoms with Gasteiger partial charge < -0.3 is 4.57 Å². The minimum Gasteiger partial charge on any atom is -0.320 e. The minimum absolute atomic E-state index is 0.0290. The second-order valence-electron chi connectivity index (χ2n) is 5.28. The van der Waals surface area contributed by atoms with Gasteiger partial charge >= 0.3 is 0 Å². The molecular weight excluding hydrogens is 292 g/mol. The van der Waals surface area contributed by atoms with Crippen LogP contribution in [0.4, 0.5) is 0 Å². The van der Waals surface area contributed by atoms with Gasteiger partial charge in [-0.1, -0.05) is 6.92 Å². The molecular formula is C12H20N6O2S. The molecule has 2 aromatic heterocycles. The van der Waals surface area contributed by atoms with Crippen molar-refractivity contribution in [3.05, 3.63) is 24.4 Å². The van der Waals surface area contributed by atoms with Gasteiger partial charge in [0.2, 0.25) is 0 Å². The third-order valence-electron chi connectivity index (χ3n) is 3.16. The largest absolute Gasteiger partial charge is 0.320 e. The fraction of sp³-hybridized carbons (Fsp3) is 0.583. The van der Waals surface area contributed by atoms with E-state index in [0.717, 1.165) is 5.82 Å². The van der Waals surface area contributed by atoms with E-state index in [9.17, 15) is 8.42 Å². The molecule has 0 spiro atoms. The zero-order valence-electron chi connectivity index (χ0n) is 12.6. The van der Waals surface area contributed by atoms with Crippen molar-refractivity contribution in [1.29, 1.82) is 0 Å². The van der Waals surface area contributed by atoms with Crippen molar-refractivity contribution in [2.75, 3.05) is 6.54 Å². The fourth-order valence-corrected chi connectivity index (χ4v) is 2.95. The Balaban J connectivity index is 2.06. The molecule has 116 valence electrons. The number of nitrogens with zero attached hydrogens (tertiary/aromatic N) is 5. The highest BCUT2D eigenvalue weighted by Gasteiger charge is 2.20. The summed E-state index contributed by atoms with van der Waals surface area (Å²) in [5, 5.41) is 11.9. The SMILES string of the molecule is CC(CNS(=O)(=O)c1ccn(C(C)C)n1)c1nncn1C. The Bertz CT molecular complexity index is 703. The van der Waals surface area contributed by atoms with Crippen molar-refractivity contribution in [2.45, 2.75) is 37.8 Å². The number of aryl methyl sites for hydroxylation is 1. The summed E-state index contributed by atoms with van der Waals surface area (Å²) in [7, 11) is -1.79. The van der Waals surface area contributed by atoms with Crippen LogP contribution in [0.25, 0.3) is 0 Å². The zero-order valence-corrected chi connectivity index (χ0v) is 13.4. The highest BCUT2D eigenvalue weighted by molar-refractivity contribution is 7.89. The first-order valence-corrected chi connectivity index (χ1v) is 8.18. The maximum Gasteiger partial charge on any atom is 0.259 e. The molecule has 0 amide bonds. The van der Waals surface area contributed by atoms with Crippen LogP contribution in [-0.2, 0) is 17.1 Å². The summed E-state index contributed by atoms with van der Waals surface area (Å²) in [6.45, 7) is 6.00. The number of aromatic nitrogens is 5. The Morgan fingerprint density at radius 3 is 2.57 bits per heavy atom. The van der Waals surface area contributed by atoms with Crippen LogP contribution in [0.3, 0.4) is 0 Å².